The minimum Gasteiger partial charge on any atom is -0.461 e. The molecule has 0 rings (SSSR count). The highest BCUT2D eigenvalue weighted by Gasteiger charge is 1.98. The van der Waals surface area contributed by atoms with Crippen LogP contribution in [0.4, 0.5) is 0 Å². The molecule has 0 unspecified atom stereocenters. The van der Waals surface area contributed by atoms with Gasteiger partial charge >= 0.3 is 5.97 Å². The number of aliphatic hydroxyl groups is 1. The Morgan fingerprint density at radius 1 is 1.46 bits per heavy atom. The minimum absolute atomic E-state index is 0.0313. The highest BCUT2D eigenvalue weighted by molar-refractivity contribution is 5.69. The number of rotatable bonds is 6. The molecule has 1 N–H and O–H groups in total. The van der Waals surface area contributed by atoms with Crippen molar-refractivity contribution in [3.05, 3.63) is 24.3 Å². The topological polar surface area (TPSA) is 46.5 Å². The normalized spacial score (nSPS) is 11.2. The van der Waals surface area contributed by atoms with Crippen molar-refractivity contribution in [1.29, 1.82) is 0 Å². The fourth-order valence-corrected chi connectivity index (χ4v) is 0.682. The van der Waals surface area contributed by atoms with Crippen LogP contribution in [0.25, 0.3) is 0 Å². The Morgan fingerprint density at radius 2 is 2.23 bits per heavy atom. The van der Waals surface area contributed by atoms with Gasteiger partial charge in [0.25, 0.3) is 0 Å². The number of aliphatic hydroxyl groups excluding tert-OH is 1. The van der Waals surface area contributed by atoms with Crippen LogP contribution in [0.2, 0.25) is 0 Å². The number of carbonyl (C=O) groups excluding carboxylic acids is 1. The highest BCUT2D eigenvalue weighted by Crippen LogP contribution is 1.91. The summed E-state index contributed by atoms with van der Waals surface area (Å²) in [5.74, 6) is -0.265. The molecule has 0 aliphatic heterocycles. The molecule has 0 aromatic rings. The summed E-state index contributed by atoms with van der Waals surface area (Å²) < 4.78 is 4.82. The maximum absolute atomic E-state index is 10.8. The van der Waals surface area contributed by atoms with Gasteiger partial charge in [-0.25, -0.2) is 0 Å². The van der Waals surface area contributed by atoms with Crippen LogP contribution < -0.4 is 0 Å². The van der Waals surface area contributed by atoms with Crippen LogP contribution in [0.1, 0.15) is 19.8 Å². The van der Waals surface area contributed by atoms with Crippen LogP contribution in [0, 0.1) is 0 Å². The summed E-state index contributed by atoms with van der Waals surface area (Å²) in [7, 11) is 0. The van der Waals surface area contributed by atoms with E-state index in [-0.39, 0.29) is 19.0 Å². The van der Waals surface area contributed by atoms with Gasteiger partial charge in [-0.1, -0.05) is 18.2 Å². The second-order valence-corrected chi connectivity index (χ2v) is 2.46. The Hall–Kier alpha value is -1.09. The van der Waals surface area contributed by atoms with Crippen molar-refractivity contribution >= 4 is 5.97 Å². The van der Waals surface area contributed by atoms with Crippen molar-refractivity contribution in [3.63, 3.8) is 0 Å². The Labute approximate surface area is 78.7 Å². The molecule has 74 valence electrons. The third-order valence-corrected chi connectivity index (χ3v) is 1.32. The lowest BCUT2D eigenvalue weighted by Crippen LogP contribution is -2.04. The van der Waals surface area contributed by atoms with Crippen LogP contribution in [0.5, 0.6) is 0 Å². The number of hydrogen-bond acceptors (Lipinski definition) is 3. The highest BCUT2D eigenvalue weighted by atomic mass is 16.5. The molecular weight excluding hydrogens is 168 g/mol. The van der Waals surface area contributed by atoms with Gasteiger partial charge in [0.1, 0.15) is 6.61 Å². The summed E-state index contributed by atoms with van der Waals surface area (Å²) in [6, 6.07) is 0. The second kappa shape index (κ2) is 9.00. The first-order valence-corrected chi connectivity index (χ1v) is 4.35. The summed E-state index contributed by atoms with van der Waals surface area (Å²) in [5.41, 5.74) is 0. The number of carbonyl (C=O) groups is 1. The van der Waals surface area contributed by atoms with Crippen molar-refractivity contribution in [3.8, 4) is 0 Å². The number of ether oxygens (including phenoxy) is 1. The van der Waals surface area contributed by atoms with Gasteiger partial charge in [0.05, 0.1) is 0 Å². The lowest BCUT2D eigenvalue weighted by Gasteiger charge is -1.99. The number of allylic oxidation sites excluding steroid dienone is 3. The third-order valence-electron chi connectivity index (χ3n) is 1.32. The molecule has 0 aliphatic carbocycles. The van der Waals surface area contributed by atoms with Crippen LogP contribution in [-0.4, -0.2) is 24.3 Å². The van der Waals surface area contributed by atoms with E-state index < -0.39 is 0 Å². The van der Waals surface area contributed by atoms with Gasteiger partial charge in [-0.3, -0.25) is 4.79 Å². The van der Waals surface area contributed by atoms with Crippen LogP contribution in [-0.2, 0) is 9.53 Å². The lowest BCUT2D eigenvalue weighted by atomic mass is 10.3. The van der Waals surface area contributed by atoms with Crippen LogP contribution in [0.3, 0.4) is 0 Å². The molecule has 0 fully saturated rings. The van der Waals surface area contributed by atoms with Crippen LogP contribution in [0.15, 0.2) is 24.3 Å². The molecule has 13 heavy (non-hydrogen) atoms. The molecule has 0 heterocycles. The summed E-state index contributed by atoms with van der Waals surface area (Å²) in [6.07, 6.45) is 8.09. The van der Waals surface area contributed by atoms with E-state index in [0.717, 1.165) is 0 Å². The monoisotopic (exact) mass is 184 g/mol. The summed E-state index contributed by atoms with van der Waals surface area (Å²) >= 11 is 0. The molecule has 0 saturated carbocycles. The third kappa shape index (κ3) is 8.82. The number of esters is 1. The van der Waals surface area contributed by atoms with Gasteiger partial charge in [0.15, 0.2) is 0 Å². The lowest BCUT2D eigenvalue weighted by molar-refractivity contribution is -0.142. The van der Waals surface area contributed by atoms with E-state index in [1.807, 2.05) is 25.2 Å². The van der Waals surface area contributed by atoms with E-state index in [2.05, 4.69) is 0 Å². The molecule has 0 radical (unpaired) electrons. The van der Waals surface area contributed by atoms with Gasteiger partial charge in [0.2, 0.25) is 0 Å². The zero-order chi connectivity index (χ0) is 9.94. The zero-order valence-corrected chi connectivity index (χ0v) is 7.90. The SMILES string of the molecule is C/C=C\C=C/COC(=O)CCCO. The first kappa shape index (κ1) is 11.9. The Balaban J connectivity index is 3.36. The molecule has 0 amide bonds. The first-order valence-electron chi connectivity index (χ1n) is 4.35. The van der Waals surface area contributed by atoms with Crippen molar-refractivity contribution in [2.24, 2.45) is 0 Å². The van der Waals surface area contributed by atoms with Crippen LogP contribution >= 0.6 is 0 Å². The fourth-order valence-electron chi connectivity index (χ4n) is 0.682. The van der Waals surface area contributed by atoms with E-state index in [4.69, 9.17) is 9.84 Å². The van der Waals surface area contributed by atoms with Crippen molar-refractivity contribution < 1.29 is 14.6 Å². The molecule has 0 atom stereocenters. The predicted octanol–water partition coefficient (Wildman–Crippen LogP) is 1.43. The minimum atomic E-state index is -0.265. The molecule has 0 aromatic heterocycles. The maximum atomic E-state index is 10.8. The Morgan fingerprint density at radius 3 is 2.85 bits per heavy atom. The van der Waals surface area contributed by atoms with E-state index in [1.165, 1.54) is 0 Å². The summed E-state index contributed by atoms with van der Waals surface area (Å²) in [4.78, 5) is 10.8. The standard InChI is InChI=1S/C10H16O3/c1-2-3-4-5-9-13-10(12)7-6-8-11/h2-5,11H,6-9H2,1H3/b3-2-,5-4-. The van der Waals surface area contributed by atoms with Gasteiger partial charge < -0.3 is 9.84 Å². The van der Waals surface area contributed by atoms with Gasteiger partial charge in [-0.05, 0) is 19.4 Å². The van der Waals surface area contributed by atoms with Crippen molar-refractivity contribution in [2.45, 2.75) is 19.8 Å². The first-order chi connectivity index (χ1) is 6.31. The fraction of sp³-hybridized carbons (Fsp3) is 0.500. The Bertz CT molecular complexity index is 183. The molecule has 0 saturated heterocycles. The van der Waals surface area contributed by atoms with Gasteiger partial charge in [-0.15, -0.1) is 0 Å². The second-order valence-electron chi connectivity index (χ2n) is 2.46. The van der Waals surface area contributed by atoms with E-state index in [1.54, 1.807) is 6.08 Å². The molecule has 0 aromatic carbocycles. The largest absolute Gasteiger partial charge is 0.461 e. The molecule has 0 spiro atoms. The zero-order valence-electron chi connectivity index (χ0n) is 7.90. The maximum Gasteiger partial charge on any atom is 0.306 e. The van der Waals surface area contributed by atoms with E-state index in [9.17, 15) is 4.79 Å². The summed E-state index contributed by atoms with van der Waals surface area (Å²) in [6.45, 7) is 2.25. The predicted molar refractivity (Wildman–Crippen MR) is 51.2 cm³/mol. The van der Waals surface area contributed by atoms with Crippen molar-refractivity contribution in [1.82, 2.24) is 0 Å². The molecular formula is C10H16O3. The average molecular weight is 184 g/mol. The molecule has 0 bridgehead atoms. The molecule has 0 aliphatic rings. The quantitative estimate of drug-likeness (QED) is 0.502. The van der Waals surface area contributed by atoms with E-state index in [0.29, 0.717) is 13.0 Å². The van der Waals surface area contributed by atoms with Gasteiger partial charge in [-0.2, -0.15) is 0 Å². The Kier molecular flexibility index (Phi) is 8.25. The average Bonchev–Trinajstić information content (AvgIpc) is 2.14. The van der Waals surface area contributed by atoms with Gasteiger partial charge in [0, 0.05) is 13.0 Å². The summed E-state index contributed by atoms with van der Waals surface area (Å²) in [5, 5.41) is 8.43. The molecule has 3 nitrogen and oxygen atoms in total. The smallest absolute Gasteiger partial charge is 0.306 e. The van der Waals surface area contributed by atoms with E-state index >= 15 is 0 Å². The van der Waals surface area contributed by atoms with Crippen molar-refractivity contribution in [2.75, 3.05) is 13.2 Å². The number of hydrogen-bond donors (Lipinski definition) is 1. The molecule has 3 heteroatoms.